The average Bonchev–Trinajstić information content (AvgIpc) is 2.90. The highest BCUT2D eigenvalue weighted by Gasteiger charge is 2.28. The summed E-state index contributed by atoms with van der Waals surface area (Å²) in [5.41, 5.74) is 7.22. The number of rotatable bonds is 2. The number of hydrogen-bond donors (Lipinski definition) is 0. The zero-order valence-corrected chi connectivity index (χ0v) is 13.4. The minimum absolute atomic E-state index is 0.280. The van der Waals surface area contributed by atoms with E-state index in [1.54, 1.807) is 6.20 Å². The summed E-state index contributed by atoms with van der Waals surface area (Å²) in [5.74, 6) is 0.809. The molecule has 0 radical (unpaired) electrons. The predicted octanol–water partition coefficient (Wildman–Crippen LogP) is 5.16. The topological polar surface area (TPSA) is 26.0 Å². The van der Waals surface area contributed by atoms with E-state index in [1.165, 1.54) is 47.1 Å². The van der Waals surface area contributed by atoms with E-state index in [4.69, 9.17) is 4.52 Å². The molecule has 0 fully saturated rings. The van der Waals surface area contributed by atoms with Crippen molar-refractivity contribution in [3.05, 3.63) is 52.4 Å². The van der Waals surface area contributed by atoms with Gasteiger partial charge in [0.2, 0.25) is 0 Å². The normalized spacial score (nSPS) is 17.6. The molecule has 2 nitrogen and oxygen atoms in total. The minimum atomic E-state index is 0.280. The first-order valence-electron chi connectivity index (χ1n) is 7.71. The molecule has 1 heterocycles. The third-order valence-corrected chi connectivity index (χ3v) is 4.67. The van der Waals surface area contributed by atoms with Crippen LogP contribution in [0.15, 0.2) is 28.9 Å². The van der Waals surface area contributed by atoms with Gasteiger partial charge in [0.1, 0.15) is 0 Å². The van der Waals surface area contributed by atoms with Crippen molar-refractivity contribution in [3.63, 3.8) is 0 Å². The minimum Gasteiger partial charge on any atom is -0.357 e. The van der Waals surface area contributed by atoms with Crippen molar-refractivity contribution < 1.29 is 4.52 Å². The van der Waals surface area contributed by atoms with Crippen molar-refractivity contribution in [1.29, 1.82) is 0 Å². The first-order valence-corrected chi connectivity index (χ1v) is 7.71. The lowest BCUT2D eigenvalue weighted by molar-refractivity contribution is 0.413. The third kappa shape index (κ3) is 2.67. The van der Waals surface area contributed by atoms with Gasteiger partial charge in [-0.3, -0.25) is 0 Å². The molecule has 0 spiro atoms. The molecule has 0 aliphatic heterocycles. The lowest BCUT2D eigenvalue weighted by Gasteiger charge is -2.33. The summed E-state index contributed by atoms with van der Waals surface area (Å²) in [7, 11) is 0. The van der Waals surface area contributed by atoms with Crippen LogP contribution in [0.25, 0.3) is 11.6 Å². The fourth-order valence-corrected chi connectivity index (χ4v) is 3.48. The van der Waals surface area contributed by atoms with Gasteiger partial charge in [-0.05, 0) is 72.4 Å². The Morgan fingerprint density at radius 2 is 2.14 bits per heavy atom. The summed E-state index contributed by atoms with van der Waals surface area (Å²) in [6.07, 6.45) is 7.53. The summed E-state index contributed by atoms with van der Waals surface area (Å²) in [6, 6.07) is 6.66. The summed E-state index contributed by atoms with van der Waals surface area (Å²) < 4.78 is 5.19. The van der Waals surface area contributed by atoms with Crippen molar-refractivity contribution >= 4 is 11.6 Å². The van der Waals surface area contributed by atoms with Gasteiger partial charge >= 0.3 is 0 Å². The van der Waals surface area contributed by atoms with E-state index in [1.807, 2.05) is 6.07 Å². The molecule has 0 saturated carbocycles. The van der Waals surface area contributed by atoms with Gasteiger partial charge in [-0.25, -0.2) is 0 Å². The van der Waals surface area contributed by atoms with Crippen LogP contribution in [0, 0.1) is 6.92 Å². The van der Waals surface area contributed by atoms with Gasteiger partial charge < -0.3 is 4.52 Å². The summed E-state index contributed by atoms with van der Waals surface area (Å²) in [5, 5.41) is 3.77. The quantitative estimate of drug-likeness (QED) is 0.760. The van der Waals surface area contributed by atoms with Crippen LogP contribution >= 0.6 is 0 Å². The number of allylic oxidation sites excluding steroid dienone is 1. The number of benzene rings is 1. The summed E-state index contributed by atoms with van der Waals surface area (Å²) in [6.45, 7) is 9.07. The molecule has 0 bridgehead atoms. The predicted molar refractivity (Wildman–Crippen MR) is 87.2 cm³/mol. The Kier molecular flexibility index (Phi) is 3.48. The Morgan fingerprint density at radius 1 is 1.33 bits per heavy atom. The maximum atomic E-state index is 5.19. The van der Waals surface area contributed by atoms with Gasteiger partial charge in [-0.1, -0.05) is 31.1 Å². The summed E-state index contributed by atoms with van der Waals surface area (Å²) >= 11 is 0. The molecule has 0 atom stereocenters. The lowest BCUT2D eigenvalue weighted by Crippen LogP contribution is -2.24. The molecule has 1 aliphatic rings. The maximum Gasteiger partial charge on any atom is 0.159 e. The molecule has 1 aliphatic carbocycles. The molecule has 110 valence electrons. The smallest absolute Gasteiger partial charge is 0.159 e. The summed E-state index contributed by atoms with van der Waals surface area (Å²) in [4.78, 5) is 0. The molecular formula is C19H23NO. The lowest BCUT2D eigenvalue weighted by atomic mass is 9.71. The molecule has 0 amide bonds. The van der Waals surface area contributed by atoms with Crippen LogP contribution in [0.2, 0.25) is 0 Å². The third-order valence-electron chi connectivity index (χ3n) is 4.67. The highest BCUT2D eigenvalue weighted by Crippen LogP contribution is 2.39. The highest BCUT2D eigenvalue weighted by molar-refractivity contribution is 5.80. The van der Waals surface area contributed by atoms with E-state index in [0.717, 1.165) is 5.76 Å². The Morgan fingerprint density at radius 3 is 2.86 bits per heavy atom. The zero-order chi connectivity index (χ0) is 15.0. The fourth-order valence-electron chi connectivity index (χ4n) is 3.48. The highest BCUT2D eigenvalue weighted by atomic mass is 16.5. The van der Waals surface area contributed by atoms with Crippen LogP contribution in [0.1, 0.15) is 61.6 Å². The second-order valence-electron chi connectivity index (χ2n) is 6.80. The monoisotopic (exact) mass is 281 g/mol. The number of aromatic nitrogens is 1. The Labute approximate surface area is 126 Å². The Hall–Kier alpha value is -1.83. The number of aryl methyl sites for hydroxylation is 2. The van der Waals surface area contributed by atoms with Crippen molar-refractivity contribution in [2.24, 2.45) is 0 Å². The average molecular weight is 281 g/mol. The van der Waals surface area contributed by atoms with Gasteiger partial charge in [0.05, 0.1) is 6.20 Å². The largest absolute Gasteiger partial charge is 0.357 e. The standard InChI is InChI=1S/C19H23NO/c1-13-10-15-6-5-8-19(3,4)18(15)12-17(13)14(2)11-16-7-9-20-21-16/h7,9-12H,5-6,8H2,1-4H3/b14-11+. The first kappa shape index (κ1) is 14.1. The van der Waals surface area contributed by atoms with Crippen LogP contribution in [-0.2, 0) is 11.8 Å². The first-order chi connectivity index (χ1) is 9.97. The molecule has 1 aromatic carbocycles. The van der Waals surface area contributed by atoms with Crippen molar-refractivity contribution in [2.75, 3.05) is 0 Å². The van der Waals surface area contributed by atoms with E-state index in [9.17, 15) is 0 Å². The molecule has 21 heavy (non-hydrogen) atoms. The molecule has 1 aromatic heterocycles. The number of fused-ring (bicyclic) bond motifs is 1. The zero-order valence-electron chi connectivity index (χ0n) is 13.4. The molecular weight excluding hydrogens is 258 g/mol. The SMILES string of the molecule is C/C(=C\c1ccno1)c1cc2c(cc1C)CCCC2(C)C. The van der Waals surface area contributed by atoms with Crippen LogP contribution in [0.4, 0.5) is 0 Å². The maximum absolute atomic E-state index is 5.19. The molecule has 2 aromatic rings. The Bertz CT molecular complexity index is 678. The molecule has 2 heteroatoms. The molecule has 0 unspecified atom stereocenters. The fraction of sp³-hybridized carbons (Fsp3) is 0.421. The second-order valence-corrected chi connectivity index (χ2v) is 6.80. The second kappa shape index (κ2) is 5.18. The van der Waals surface area contributed by atoms with Gasteiger partial charge in [0, 0.05) is 6.07 Å². The van der Waals surface area contributed by atoms with E-state index < -0.39 is 0 Å². The van der Waals surface area contributed by atoms with Gasteiger partial charge in [-0.15, -0.1) is 0 Å². The van der Waals surface area contributed by atoms with Crippen LogP contribution in [0.5, 0.6) is 0 Å². The number of nitrogens with zero attached hydrogens (tertiary/aromatic N) is 1. The van der Waals surface area contributed by atoms with E-state index in [2.05, 4.69) is 51.1 Å². The van der Waals surface area contributed by atoms with Gasteiger partial charge in [0.15, 0.2) is 5.76 Å². The number of hydrogen-bond acceptors (Lipinski definition) is 2. The van der Waals surface area contributed by atoms with Crippen LogP contribution in [-0.4, -0.2) is 5.16 Å². The van der Waals surface area contributed by atoms with Crippen molar-refractivity contribution in [2.45, 2.75) is 52.4 Å². The van der Waals surface area contributed by atoms with Gasteiger partial charge in [-0.2, -0.15) is 0 Å². The van der Waals surface area contributed by atoms with E-state index in [-0.39, 0.29) is 5.41 Å². The van der Waals surface area contributed by atoms with E-state index >= 15 is 0 Å². The molecule has 0 saturated heterocycles. The molecule has 0 N–H and O–H groups in total. The van der Waals surface area contributed by atoms with Crippen molar-refractivity contribution in [1.82, 2.24) is 5.16 Å². The van der Waals surface area contributed by atoms with E-state index in [0.29, 0.717) is 0 Å². The Balaban J connectivity index is 2.08. The van der Waals surface area contributed by atoms with Crippen LogP contribution in [0.3, 0.4) is 0 Å². The van der Waals surface area contributed by atoms with Gasteiger partial charge in [0.25, 0.3) is 0 Å². The molecule has 3 rings (SSSR count). The van der Waals surface area contributed by atoms with Crippen molar-refractivity contribution in [3.8, 4) is 0 Å². The van der Waals surface area contributed by atoms with Crippen LogP contribution < -0.4 is 0 Å².